The molecule has 2 aromatic heterocycles. The van der Waals surface area contributed by atoms with Gasteiger partial charge in [0, 0.05) is 55.1 Å². The Morgan fingerprint density at radius 1 is 0.597 bits per heavy atom. The van der Waals surface area contributed by atoms with Gasteiger partial charge in [-0.2, -0.15) is 23.2 Å². The van der Waals surface area contributed by atoms with E-state index in [0.29, 0.717) is 87.8 Å². The highest BCUT2D eigenvalue weighted by Gasteiger charge is 2.38. The predicted molar refractivity (Wildman–Crippen MR) is 236 cm³/mol. The Morgan fingerprint density at radius 3 is 1.84 bits per heavy atom. The van der Waals surface area contributed by atoms with Crippen LogP contribution in [0.4, 0.5) is 64.5 Å². The first-order valence-electron chi connectivity index (χ1n) is 20.2. The molecule has 1 fully saturated rings. The molecule has 3 heterocycles. The number of morpholine rings is 1. The number of carbonyl (C=O) groups excluding carboxylic acids is 2. The zero-order chi connectivity index (χ0) is 46.7. The van der Waals surface area contributed by atoms with Crippen molar-refractivity contribution in [2.45, 2.75) is 6.18 Å². The van der Waals surface area contributed by atoms with Gasteiger partial charge in [0.25, 0.3) is 0 Å². The van der Waals surface area contributed by atoms with E-state index in [1.807, 2.05) is 0 Å². The first-order chi connectivity index (χ1) is 32.3. The number of aromatic nitrogens is 4. The molecule has 20 heteroatoms. The minimum absolute atomic E-state index is 0.0433. The molecule has 0 spiro atoms. The molecular formula is C47H33F6N9O5. The lowest BCUT2D eigenvalue weighted by Gasteiger charge is -2.35. The van der Waals surface area contributed by atoms with Crippen LogP contribution in [0.3, 0.4) is 0 Å². The first kappa shape index (κ1) is 43.7. The molecule has 67 heavy (non-hydrogen) atoms. The monoisotopic (exact) mass is 917 g/mol. The van der Waals surface area contributed by atoms with Crippen molar-refractivity contribution < 1.29 is 50.1 Å². The van der Waals surface area contributed by atoms with Crippen LogP contribution in [0.15, 0.2) is 140 Å². The van der Waals surface area contributed by atoms with E-state index in [-0.39, 0.29) is 22.9 Å². The number of fused-ring (bicyclic) bond motifs is 2. The van der Waals surface area contributed by atoms with Gasteiger partial charge >= 0.3 is 18.2 Å². The van der Waals surface area contributed by atoms with E-state index in [4.69, 9.17) is 19.2 Å². The van der Waals surface area contributed by atoms with E-state index in [9.17, 15) is 31.5 Å². The number of rotatable bonds is 9. The van der Waals surface area contributed by atoms with E-state index < -0.39 is 52.6 Å². The van der Waals surface area contributed by atoms with Crippen molar-refractivity contribution >= 4 is 62.7 Å². The van der Waals surface area contributed by atoms with E-state index in [0.717, 1.165) is 42.5 Å². The van der Waals surface area contributed by atoms with Crippen molar-refractivity contribution in [1.82, 2.24) is 19.9 Å². The molecule has 0 bridgehead atoms. The maximum absolute atomic E-state index is 16.5. The summed E-state index contributed by atoms with van der Waals surface area (Å²) in [5.74, 6) is -1.99. The molecular weight excluding hydrogens is 885 g/mol. The molecule has 0 atom stereocenters. The SMILES string of the molecule is O=C(Nc1ccc(Oc2ccc3ncc(N4CCOCC4)nc3c2)cc1)N(c1ccc(F)c(C(F)(F)F)c1)N(C(=O)Nc1ccc(F)cc1)c1ccc(Oc2ccc3nccnc3c2)cc1F. The molecule has 14 nitrogen and oxygen atoms in total. The second-order valence-electron chi connectivity index (χ2n) is 14.7. The number of nitrogens with one attached hydrogen (secondary N) is 2. The highest BCUT2D eigenvalue weighted by molar-refractivity contribution is 6.13. The third-order valence-corrected chi connectivity index (χ3v) is 10.2. The van der Waals surface area contributed by atoms with Gasteiger partial charge in [0.05, 0.1) is 52.7 Å². The molecule has 2 N–H and O–H groups in total. The van der Waals surface area contributed by atoms with E-state index in [2.05, 4.69) is 30.5 Å². The molecule has 4 amide bonds. The molecule has 1 saturated heterocycles. The maximum atomic E-state index is 16.5. The number of alkyl halides is 3. The predicted octanol–water partition coefficient (Wildman–Crippen LogP) is 11.1. The van der Waals surface area contributed by atoms with Gasteiger partial charge in [-0.3, -0.25) is 15.0 Å². The van der Waals surface area contributed by atoms with Crippen LogP contribution in [0, 0.1) is 17.5 Å². The summed E-state index contributed by atoms with van der Waals surface area (Å²) in [5, 5.41) is 5.72. The van der Waals surface area contributed by atoms with E-state index >= 15 is 4.39 Å². The summed E-state index contributed by atoms with van der Waals surface area (Å²) >= 11 is 0. The number of anilines is 5. The summed E-state index contributed by atoms with van der Waals surface area (Å²) in [5.41, 5.74) is -0.930. The van der Waals surface area contributed by atoms with E-state index in [1.165, 1.54) is 42.7 Å². The topological polar surface area (TPSA) is 147 Å². The van der Waals surface area contributed by atoms with Crippen LogP contribution in [0.2, 0.25) is 0 Å². The summed E-state index contributed by atoms with van der Waals surface area (Å²) in [6.45, 7) is 2.47. The average molecular weight is 918 g/mol. The molecule has 1 aliphatic rings. The number of halogens is 6. The number of hydrogen-bond donors (Lipinski definition) is 2. The minimum atomic E-state index is -5.26. The normalized spacial score (nSPS) is 12.7. The van der Waals surface area contributed by atoms with Crippen LogP contribution in [0.25, 0.3) is 22.1 Å². The summed E-state index contributed by atoms with van der Waals surface area (Å²) in [6, 6.07) is 22.1. The zero-order valence-electron chi connectivity index (χ0n) is 34.5. The molecule has 0 unspecified atom stereocenters. The van der Waals surface area contributed by atoms with Gasteiger partial charge in [0.15, 0.2) is 5.82 Å². The summed E-state index contributed by atoms with van der Waals surface area (Å²) < 4.78 is 105. The molecule has 6 aromatic carbocycles. The minimum Gasteiger partial charge on any atom is -0.457 e. The Bertz CT molecular complexity index is 3120. The number of hydrogen-bond acceptors (Lipinski definition) is 10. The van der Waals surface area contributed by atoms with Gasteiger partial charge in [-0.25, -0.2) is 27.7 Å². The number of benzene rings is 6. The van der Waals surface area contributed by atoms with Crippen LogP contribution in [0.1, 0.15) is 5.56 Å². The van der Waals surface area contributed by atoms with Crippen LogP contribution in [-0.2, 0) is 10.9 Å². The van der Waals surface area contributed by atoms with Crippen molar-refractivity contribution in [3.63, 3.8) is 0 Å². The Hall–Kier alpha value is -8.52. The zero-order valence-corrected chi connectivity index (χ0v) is 34.5. The molecule has 9 rings (SSSR count). The molecule has 0 aliphatic carbocycles. The average Bonchev–Trinajstić information content (AvgIpc) is 3.32. The number of amides is 4. The molecule has 338 valence electrons. The Kier molecular flexibility index (Phi) is 12.1. The number of nitrogens with zero attached hydrogens (tertiary/aromatic N) is 7. The maximum Gasteiger partial charge on any atom is 0.419 e. The van der Waals surface area contributed by atoms with Gasteiger partial charge in [-0.05, 0) is 103 Å². The van der Waals surface area contributed by atoms with Crippen molar-refractivity contribution in [2.24, 2.45) is 0 Å². The first-order valence-corrected chi connectivity index (χ1v) is 20.2. The lowest BCUT2D eigenvalue weighted by molar-refractivity contribution is -0.139. The number of hydrazine groups is 1. The third-order valence-electron chi connectivity index (χ3n) is 10.2. The fraction of sp³-hybridized carbons (Fsp3) is 0.106. The molecule has 0 radical (unpaired) electrons. The second-order valence-corrected chi connectivity index (χ2v) is 14.7. The Labute approximate surface area is 376 Å². The van der Waals surface area contributed by atoms with Crippen molar-refractivity contribution in [2.75, 3.05) is 51.9 Å². The van der Waals surface area contributed by atoms with Crippen LogP contribution < -0.4 is 35.0 Å². The summed E-state index contributed by atoms with van der Waals surface area (Å²) in [4.78, 5) is 48.6. The highest BCUT2D eigenvalue weighted by atomic mass is 19.4. The summed E-state index contributed by atoms with van der Waals surface area (Å²) in [7, 11) is 0. The number of urea groups is 2. The van der Waals surface area contributed by atoms with Crippen LogP contribution in [-0.4, -0.2) is 58.3 Å². The Morgan fingerprint density at radius 2 is 1.16 bits per heavy atom. The fourth-order valence-corrected chi connectivity index (χ4v) is 6.98. The lowest BCUT2D eigenvalue weighted by atomic mass is 10.1. The molecule has 0 saturated carbocycles. The lowest BCUT2D eigenvalue weighted by Crippen LogP contribution is -2.54. The smallest absolute Gasteiger partial charge is 0.419 e. The fourth-order valence-electron chi connectivity index (χ4n) is 6.98. The van der Waals surface area contributed by atoms with Gasteiger partial charge in [-0.1, -0.05) is 0 Å². The van der Waals surface area contributed by atoms with Gasteiger partial charge in [0.2, 0.25) is 0 Å². The number of carbonyl (C=O) groups is 2. The van der Waals surface area contributed by atoms with Crippen LogP contribution in [0.5, 0.6) is 23.0 Å². The van der Waals surface area contributed by atoms with Crippen molar-refractivity contribution in [1.29, 1.82) is 0 Å². The van der Waals surface area contributed by atoms with E-state index in [1.54, 1.807) is 42.6 Å². The van der Waals surface area contributed by atoms with Gasteiger partial charge in [-0.15, -0.1) is 0 Å². The standard InChI is InChI=1S/C47H33F6N9O5/c48-28-1-3-29(4-2-28)58-46(64)62(43-16-12-33(24-38(43)50)67-34-10-14-39-41(25-34)55-18-17-54-39)61(31-7-13-37(49)36(23-31)47(51,52)53)45(63)57-30-5-8-32(9-6-30)66-35-11-15-40-42(26-35)59-44(27-56-40)60-19-21-65-22-20-60/h1-18,23-27H,19-22H2,(H,57,63)(H,58,64). The largest absolute Gasteiger partial charge is 0.457 e. The van der Waals surface area contributed by atoms with Crippen molar-refractivity contribution in [3.05, 3.63) is 163 Å². The molecule has 1 aliphatic heterocycles. The van der Waals surface area contributed by atoms with Gasteiger partial charge in [0.1, 0.15) is 46.1 Å². The highest BCUT2D eigenvalue weighted by Crippen LogP contribution is 2.37. The summed E-state index contributed by atoms with van der Waals surface area (Å²) in [6.07, 6.45) is -0.593. The van der Waals surface area contributed by atoms with Crippen LogP contribution >= 0.6 is 0 Å². The molecule has 8 aromatic rings. The Balaban J connectivity index is 1.04. The second kappa shape index (κ2) is 18.5. The van der Waals surface area contributed by atoms with Crippen molar-refractivity contribution in [3.8, 4) is 23.0 Å². The quantitative estimate of drug-likeness (QED) is 0.106. The van der Waals surface area contributed by atoms with Gasteiger partial charge < -0.3 is 29.7 Å². The third kappa shape index (κ3) is 9.93. The number of ether oxygens (including phenoxy) is 3.